The minimum absolute atomic E-state index is 0.352. The highest BCUT2D eigenvalue weighted by atomic mass is 35.5. The van der Waals surface area contributed by atoms with Crippen LogP contribution in [0.25, 0.3) is 5.69 Å². The number of benzene rings is 1. The van der Waals surface area contributed by atoms with Crippen molar-refractivity contribution in [3.8, 4) is 5.69 Å². The van der Waals surface area contributed by atoms with Crippen LogP contribution in [0.15, 0.2) is 18.2 Å². The first-order valence-electron chi connectivity index (χ1n) is 5.29. The fourth-order valence-corrected chi connectivity index (χ4v) is 2.30. The average Bonchev–Trinajstić information content (AvgIpc) is 3.01. The summed E-state index contributed by atoms with van der Waals surface area (Å²) in [7, 11) is 0. The summed E-state index contributed by atoms with van der Waals surface area (Å²) in [5, 5.41) is 7.29. The summed E-state index contributed by atoms with van der Waals surface area (Å²) < 4.78 is 15.6. The molecule has 6 heteroatoms. The van der Waals surface area contributed by atoms with Crippen molar-refractivity contribution < 1.29 is 4.39 Å². The number of nitrogens with one attached hydrogen (secondary N) is 1. The Bertz CT molecular complexity index is 610. The maximum Gasteiger partial charge on any atom is 0.199 e. The van der Waals surface area contributed by atoms with Crippen molar-refractivity contribution in [1.29, 1.82) is 0 Å². The lowest BCUT2D eigenvalue weighted by atomic mass is 10.3. The molecule has 0 atom stereocenters. The van der Waals surface area contributed by atoms with Gasteiger partial charge in [-0.25, -0.2) is 4.39 Å². The van der Waals surface area contributed by atoms with Gasteiger partial charge < -0.3 is 0 Å². The largest absolute Gasteiger partial charge is 0.272 e. The number of halogens is 2. The molecule has 1 aromatic heterocycles. The maximum atomic E-state index is 13.3. The second kappa shape index (κ2) is 3.92. The zero-order valence-electron chi connectivity index (χ0n) is 8.78. The van der Waals surface area contributed by atoms with Gasteiger partial charge in [-0.1, -0.05) is 11.6 Å². The van der Waals surface area contributed by atoms with Crippen LogP contribution in [0.4, 0.5) is 4.39 Å². The molecule has 3 rings (SSSR count). The van der Waals surface area contributed by atoms with Crippen molar-refractivity contribution in [2.75, 3.05) is 0 Å². The Hall–Kier alpha value is -1.20. The molecule has 0 unspecified atom stereocenters. The summed E-state index contributed by atoms with van der Waals surface area (Å²) in [6.45, 7) is 0. The third kappa shape index (κ3) is 2.00. The van der Waals surface area contributed by atoms with E-state index in [4.69, 9.17) is 23.8 Å². The standard InChI is InChI=1S/C11H9ClFN3S/c12-7-3-8(13)5-9(4-7)16-10(6-1-2-6)14-15-11(16)17/h3-6H,1-2H2,(H,15,17). The fourth-order valence-electron chi connectivity index (χ4n) is 1.84. The van der Waals surface area contributed by atoms with E-state index in [9.17, 15) is 4.39 Å². The van der Waals surface area contributed by atoms with E-state index in [2.05, 4.69) is 10.2 Å². The highest BCUT2D eigenvalue weighted by Gasteiger charge is 2.29. The lowest BCUT2D eigenvalue weighted by molar-refractivity contribution is 0.626. The SMILES string of the molecule is Fc1cc(Cl)cc(-n2c(C3CC3)n[nH]c2=S)c1. The molecule has 1 saturated carbocycles. The Kier molecular flexibility index (Phi) is 2.52. The lowest BCUT2D eigenvalue weighted by Gasteiger charge is -2.06. The number of hydrogen-bond donors (Lipinski definition) is 1. The quantitative estimate of drug-likeness (QED) is 0.845. The van der Waals surface area contributed by atoms with Crippen molar-refractivity contribution >= 4 is 23.8 Å². The number of aromatic nitrogens is 3. The van der Waals surface area contributed by atoms with Crippen LogP contribution < -0.4 is 0 Å². The van der Waals surface area contributed by atoms with E-state index in [0.717, 1.165) is 18.7 Å². The van der Waals surface area contributed by atoms with Gasteiger partial charge in [0.25, 0.3) is 0 Å². The Morgan fingerprint density at radius 1 is 1.41 bits per heavy atom. The number of hydrogen-bond acceptors (Lipinski definition) is 2. The predicted octanol–water partition coefficient (Wildman–Crippen LogP) is 3.60. The van der Waals surface area contributed by atoms with Crippen molar-refractivity contribution in [3.05, 3.63) is 39.6 Å². The molecule has 1 aliphatic carbocycles. The molecule has 1 heterocycles. The summed E-state index contributed by atoms with van der Waals surface area (Å²) >= 11 is 11.0. The molecule has 1 aliphatic rings. The van der Waals surface area contributed by atoms with E-state index in [-0.39, 0.29) is 5.82 Å². The molecule has 1 N–H and O–H groups in total. The van der Waals surface area contributed by atoms with Crippen LogP contribution in [0.2, 0.25) is 5.02 Å². The van der Waals surface area contributed by atoms with Gasteiger partial charge in [0, 0.05) is 10.9 Å². The molecule has 0 amide bonds. The summed E-state index contributed by atoms with van der Waals surface area (Å²) in [6, 6.07) is 4.36. The van der Waals surface area contributed by atoms with Crippen LogP contribution in [-0.2, 0) is 0 Å². The molecule has 0 bridgehead atoms. The Balaban J connectivity index is 2.20. The number of H-pyrrole nitrogens is 1. The summed E-state index contributed by atoms with van der Waals surface area (Å²) in [5.41, 5.74) is 0.621. The second-order valence-corrected chi connectivity index (χ2v) is 4.95. The maximum absolute atomic E-state index is 13.3. The van der Waals surface area contributed by atoms with Crippen LogP contribution in [-0.4, -0.2) is 14.8 Å². The minimum Gasteiger partial charge on any atom is -0.272 e. The zero-order valence-corrected chi connectivity index (χ0v) is 10.4. The molecule has 1 fully saturated rings. The van der Waals surface area contributed by atoms with Gasteiger partial charge in [-0.15, -0.1) is 0 Å². The van der Waals surface area contributed by atoms with Gasteiger partial charge >= 0.3 is 0 Å². The molecule has 2 aromatic rings. The third-order valence-corrected chi connectivity index (χ3v) is 3.24. The van der Waals surface area contributed by atoms with Crippen molar-refractivity contribution in [3.63, 3.8) is 0 Å². The predicted molar refractivity (Wildman–Crippen MR) is 65.7 cm³/mol. The van der Waals surface area contributed by atoms with Crippen LogP contribution in [0.5, 0.6) is 0 Å². The first kappa shape index (κ1) is 10.9. The number of rotatable bonds is 2. The van der Waals surface area contributed by atoms with Gasteiger partial charge in [0.05, 0.1) is 5.69 Å². The van der Waals surface area contributed by atoms with Crippen molar-refractivity contribution in [2.24, 2.45) is 0 Å². The lowest BCUT2D eigenvalue weighted by Crippen LogP contribution is -2.00. The minimum atomic E-state index is -0.377. The summed E-state index contributed by atoms with van der Waals surface area (Å²) in [4.78, 5) is 0. The Morgan fingerprint density at radius 3 is 2.82 bits per heavy atom. The molecule has 0 aliphatic heterocycles. The molecule has 1 aromatic carbocycles. The van der Waals surface area contributed by atoms with Crippen molar-refractivity contribution in [2.45, 2.75) is 18.8 Å². The Morgan fingerprint density at radius 2 is 2.18 bits per heavy atom. The van der Waals surface area contributed by atoms with E-state index in [1.54, 1.807) is 10.6 Å². The number of aromatic amines is 1. The molecule has 0 saturated heterocycles. The van der Waals surface area contributed by atoms with Gasteiger partial charge in [0.1, 0.15) is 11.6 Å². The van der Waals surface area contributed by atoms with E-state index in [0.29, 0.717) is 21.4 Å². The van der Waals surface area contributed by atoms with E-state index < -0.39 is 0 Å². The molecular weight excluding hydrogens is 261 g/mol. The van der Waals surface area contributed by atoms with E-state index in [1.807, 2.05) is 0 Å². The third-order valence-electron chi connectivity index (χ3n) is 2.75. The first-order valence-corrected chi connectivity index (χ1v) is 6.07. The van der Waals surface area contributed by atoms with Crippen LogP contribution in [0, 0.1) is 10.6 Å². The van der Waals surface area contributed by atoms with Crippen LogP contribution in [0.1, 0.15) is 24.6 Å². The smallest absolute Gasteiger partial charge is 0.199 e. The second-order valence-electron chi connectivity index (χ2n) is 4.12. The van der Waals surface area contributed by atoms with Crippen LogP contribution in [0.3, 0.4) is 0 Å². The molecule has 88 valence electrons. The molecule has 17 heavy (non-hydrogen) atoms. The highest BCUT2D eigenvalue weighted by Crippen LogP contribution is 2.39. The summed E-state index contributed by atoms with van der Waals surface area (Å²) in [5.74, 6) is 0.902. The fraction of sp³-hybridized carbons (Fsp3) is 0.273. The van der Waals surface area contributed by atoms with E-state index in [1.165, 1.54) is 12.1 Å². The first-order chi connectivity index (χ1) is 8.15. The van der Waals surface area contributed by atoms with Gasteiger partial charge in [0.15, 0.2) is 4.77 Å². The molecule has 0 spiro atoms. The van der Waals surface area contributed by atoms with Crippen molar-refractivity contribution in [1.82, 2.24) is 14.8 Å². The molecule has 3 nitrogen and oxygen atoms in total. The van der Waals surface area contributed by atoms with Gasteiger partial charge in [-0.2, -0.15) is 5.10 Å². The summed E-state index contributed by atoms with van der Waals surface area (Å²) in [6.07, 6.45) is 2.20. The highest BCUT2D eigenvalue weighted by molar-refractivity contribution is 7.71. The number of nitrogens with zero attached hydrogens (tertiary/aromatic N) is 2. The monoisotopic (exact) mass is 269 g/mol. The van der Waals surface area contributed by atoms with E-state index >= 15 is 0 Å². The topological polar surface area (TPSA) is 33.6 Å². The van der Waals surface area contributed by atoms with Gasteiger partial charge in [-0.3, -0.25) is 9.67 Å². The zero-order chi connectivity index (χ0) is 12.0. The Labute approximate surface area is 107 Å². The normalized spacial score (nSPS) is 15.2. The molecular formula is C11H9ClFN3S. The van der Waals surface area contributed by atoms with Crippen LogP contribution >= 0.6 is 23.8 Å². The van der Waals surface area contributed by atoms with Gasteiger partial charge in [-0.05, 0) is 43.3 Å². The average molecular weight is 270 g/mol. The molecule has 0 radical (unpaired) electrons. The van der Waals surface area contributed by atoms with Gasteiger partial charge in [0.2, 0.25) is 0 Å².